The molecule has 0 aromatic rings. The van der Waals surface area contributed by atoms with Gasteiger partial charge in [-0.25, -0.2) is 0 Å². The Morgan fingerprint density at radius 3 is 1.47 bits per heavy atom. The second kappa shape index (κ2) is 6.08. The van der Waals surface area contributed by atoms with E-state index < -0.39 is 0 Å². The molecule has 0 amide bonds. The van der Waals surface area contributed by atoms with Crippen LogP contribution in [0.5, 0.6) is 0 Å². The molecule has 17 heavy (non-hydrogen) atoms. The third-order valence-corrected chi connectivity index (χ3v) is 2.91. The maximum Gasteiger partial charge on any atom is 0.180 e. The lowest BCUT2D eigenvalue weighted by Crippen LogP contribution is -2.53. The molecule has 0 aromatic carbocycles. The average molecular weight is 248 g/mol. The molecule has 2 aliphatic heterocycles. The predicted octanol–water partition coefficient (Wildman–Crippen LogP) is 0.0114. The third-order valence-electron chi connectivity index (χ3n) is 2.91. The summed E-state index contributed by atoms with van der Waals surface area (Å²) in [5.41, 5.74) is -0.186. The smallest absolute Gasteiger partial charge is 0.180 e. The standard InChI is InChI=1S/C11H20O6/c1-12-3-9-14-5-11(6-15-9)7-16-10(4-13-2)17-8-11/h9-10H,3-8H2,1-2H3. The monoisotopic (exact) mass is 248 g/mol. The van der Waals surface area contributed by atoms with E-state index in [0.29, 0.717) is 39.6 Å². The number of methoxy groups -OCH3 is 2. The zero-order valence-electron chi connectivity index (χ0n) is 10.3. The van der Waals surface area contributed by atoms with Crippen molar-refractivity contribution in [1.82, 2.24) is 0 Å². The molecule has 2 saturated heterocycles. The zero-order chi connectivity index (χ0) is 12.1. The van der Waals surface area contributed by atoms with Crippen LogP contribution in [0.1, 0.15) is 0 Å². The van der Waals surface area contributed by atoms with Gasteiger partial charge >= 0.3 is 0 Å². The van der Waals surface area contributed by atoms with E-state index in [1.54, 1.807) is 14.2 Å². The number of rotatable bonds is 4. The minimum Gasteiger partial charge on any atom is -0.379 e. The lowest BCUT2D eigenvalue weighted by atomic mass is 9.91. The highest BCUT2D eigenvalue weighted by Crippen LogP contribution is 2.30. The van der Waals surface area contributed by atoms with Crippen LogP contribution in [0.4, 0.5) is 0 Å². The molecular formula is C11H20O6. The molecule has 6 nitrogen and oxygen atoms in total. The Morgan fingerprint density at radius 1 is 0.824 bits per heavy atom. The summed E-state index contributed by atoms with van der Waals surface area (Å²) in [5, 5.41) is 0. The van der Waals surface area contributed by atoms with Gasteiger partial charge in [0.15, 0.2) is 12.6 Å². The maximum absolute atomic E-state index is 5.57. The van der Waals surface area contributed by atoms with Gasteiger partial charge in [0, 0.05) is 14.2 Å². The van der Waals surface area contributed by atoms with Crippen LogP contribution in [0.2, 0.25) is 0 Å². The topological polar surface area (TPSA) is 55.4 Å². The van der Waals surface area contributed by atoms with Gasteiger partial charge in [0.25, 0.3) is 0 Å². The second-order valence-electron chi connectivity index (χ2n) is 4.51. The molecule has 0 aromatic heterocycles. The molecule has 0 N–H and O–H groups in total. The van der Waals surface area contributed by atoms with E-state index in [2.05, 4.69) is 0 Å². The van der Waals surface area contributed by atoms with Crippen molar-refractivity contribution in [2.45, 2.75) is 12.6 Å². The largest absolute Gasteiger partial charge is 0.379 e. The molecule has 2 heterocycles. The van der Waals surface area contributed by atoms with E-state index in [1.165, 1.54) is 0 Å². The Labute approximate surface area is 101 Å². The van der Waals surface area contributed by atoms with E-state index in [1.807, 2.05) is 0 Å². The Hall–Kier alpha value is -0.240. The van der Waals surface area contributed by atoms with E-state index in [4.69, 9.17) is 28.4 Å². The molecule has 1 spiro atoms. The molecule has 0 bridgehead atoms. The maximum atomic E-state index is 5.57. The van der Waals surface area contributed by atoms with Crippen molar-refractivity contribution < 1.29 is 28.4 Å². The number of hydrogen-bond acceptors (Lipinski definition) is 6. The first-order valence-corrected chi connectivity index (χ1v) is 5.72. The third kappa shape index (κ3) is 3.37. The van der Waals surface area contributed by atoms with Gasteiger partial charge in [0.2, 0.25) is 0 Å². The van der Waals surface area contributed by atoms with Crippen molar-refractivity contribution >= 4 is 0 Å². The van der Waals surface area contributed by atoms with Crippen molar-refractivity contribution in [3.05, 3.63) is 0 Å². The lowest BCUT2D eigenvalue weighted by molar-refractivity contribution is -0.312. The van der Waals surface area contributed by atoms with Crippen LogP contribution in [0.25, 0.3) is 0 Å². The molecule has 2 fully saturated rings. The van der Waals surface area contributed by atoms with Crippen molar-refractivity contribution in [3.8, 4) is 0 Å². The molecule has 0 saturated carbocycles. The summed E-state index contributed by atoms with van der Waals surface area (Å²) in [7, 11) is 3.25. The molecule has 2 aliphatic rings. The van der Waals surface area contributed by atoms with Crippen LogP contribution >= 0.6 is 0 Å². The van der Waals surface area contributed by atoms with Gasteiger partial charge in [0.05, 0.1) is 45.1 Å². The summed E-state index contributed by atoms with van der Waals surface area (Å²) in [4.78, 5) is 0. The van der Waals surface area contributed by atoms with Crippen molar-refractivity contribution in [3.63, 3.8) is 0 Å². The second-order valence-corrected chi connectivity index (χ2v) is 4.51. The van der Waals surface area contributed by atoms with Crippen LogP contribution < -0.4 is 0 Å². The highest BCUT2D eigenvalue weighted by atomic mass is 16.7. The molecule has 100 valence electrons. The van der Waals surface area contributed by atoms with Crippen LogP contribution in [0.3, 0.4) is 0 Å². The van der Waals surface area contributed by atoms with E-state index in [0.717, 1.165) is 0 Å². The fourth-order valence-electron chi connectivity index (χ4n) is 1.89. The quantitative estimate of drug-likeness (QED) is 0.698. The Morgan fingerprint density at radius 2 is 1.18 bits per heavy atom. The Bertz CT molecular complexity index is 190. The van der Waals surface area contributed by atoms with Gasteiger partial charge in [-0.2, -0.15) is 0 Å². The van der Waals surface area contributed by atoms with Gasteiger partial charge in [-0.3, -0.25) is 0 Å². The zero-order valence-corrected chi connectivity index (χ0v) is 10.3. The molecule has 0 atom stereocenters. The Balaban J connectivity index is 1.76. The molecule has 0 unspecified atom stereocenters. The highest BCUT2D eigenvalue weighted by Gasteiger charge is 2.41. The molecule has 2 rings (SSSR count). The first-order valence-electron chi connectivity index (χ1n) is 5.72. The Kier molecular flexibility index (Phi) is 4.72. The number of ether oxygens (including phenoxy) is 6. The normalized spacial score (nSPS) is 38.5. The molecule has 0 aliphatic carbocycles. The lowest BCUT2D eigenvalue weighted by Gasteiger charge is -2.43. The minimum absolute atomic E-state index is 0.186. The minimum atomic E-state index is -0.276. The number of hydrogen-bond donors (Lipinski definition) is 0. The van der Waals surface area contributed by atoms with Gasteiger partial charge in [-0.05, 0) is 0 Å². The summed E-state index contributed by atoms with van der Waals surface area (Å²) in [6.45, 7) is 3.18. The highest BCUT2D eigenvalue weighted by molar-refractivity contribution is 4.84. The van der Waals surface area contributed by atoms with E-state index in [9.17, 15) is 0 Å². The summed E-state index contributed by atoms with van der Waals surface area (Å²) in [5.74, 6) is 0. The van der Waals surface area contributed by atoms with Gasteiger partial charge in [-0.1, -0.05) is 0 Å². The summed E-state index contributed by atoms with van der Waals surface area (Å²) in [6, 6.07) is 0. The summed E-state index contributed by atoms with van der Waals surface area (Å²) in [6.07, 6.45) is -0.551. The summed E-state index contributed by atoms with van der Waals surface area (Å²) >= 11 is 0. The van der Waals surface area contributed by atoms with Gasteiger partial charge < -0.3 is 28.4 Å². The van der Waals surface area contributed by atoms with Crippen LogP contribution in [0.15, 0.2) is 0 Å². The van der Waals surface area contributed by atoms with Gasteiger partial charge in [-0.15, -0.1) is 0 Å². The van der Waals surface area contributed by atoms with E-state index >= 15 is 0 Å². The van der Waals surface area contributed by atoms with Crippen LogP contribution in [-0.2, 0) is 28.4 Å². The first-order chi connectivity index (χ1) is 8.28. The van der Waals surface area contributed by atoms with Gasteiger partial charge in [0.1, 0.15) is 0 Å². The van der Waals surface area contributed by atoms with Crippen LogP contribution in [-0.4, -0.2) is 66.4 Å². The van der Waals surface area contributed by atoms with Crippen LogP contribution in [0, 0.1) is 5.41 Å². The van der Waals surface area contributed by atoms with E-state index in [-0.39, 0.29) is 18.0 Å². The molecular weight excluding hydrogens is 228 g/mol. The summed E-state index contributed by atoms with van der Waals surface area (Å²) < 4.78 is 32.2. The first kappa shape index (κ1) is 13.2. The predicted molar refractivity (Wildman–Crippen MR) is 57.6 cm³/mol. The van der Waals surface area contributed by atoms with Crippen molar-refractivity contribution in [2.24, 2.45) is 5.41 Å². The molecule has 0 radical (unpaired) electrons. The average Bonchev–Trinajstić information content (AvgIpc) is 2.36. The molecule has 6 heteroatoms. The SMILES string of the molecule is COCC1OCC2(CO1)COC(COC)OC2. The fraction of sp³-hybridized carbons (Fsp3) is 1.00. The van der Waals surface area contributed by atoms with Crippen molar-refractivity contribution in [2.75, 3.05) is 53.9 Å². The fourth-order valence-corrected chi connectivity index (χ4v) is 1.89. The van der Waals surface area contributed by atoms with Crippen molar-refractivity contribution in [1.29, 1.82) is 0 Å².